The highest BCUT2D eigenvalue weighted by molar-refractivity contribution is 5.99. The van der Waals surface area contributed by atoms with Gasteiger partial charge in [0.05, 0.1) is 6.61 Å². The second kappa shape index (κ2) is 6.12. The van der Waals surface area contributed by atoms with Crippen LogP contribution in [0.4, 0.5) is 0 Å². The highest BCUT2D eigenvalue weighted by Crippen LogP contribution is 2.34. The molecule has 1 aliphatic rings. The summed E-state index contributed by atoms with van der Waals surface area (Å²) in [6, 6.07) is 15.8. The van der Waals surface area contributed by atoms with Gasteiger partial charge in [-0.2, -0.15) is 0 Å². The molecule has 0 aliphatic carbocycles. The Kier molecular flexibility index (Phi) is 4.02. The first-order chi connectivity index (χ1) is 11.2. The van der Waals surface area contributed by atoms with Crippen molar-refractivity contribution < 1.29 is 19.4 Å². The highest BCUT2D eigenvalue weighted by atomic mass is 16.5. The van der Waals surface area contributed by atoms with E-state index in [4.69, 9.17) is 9.47 Å². The number of aromatic hydroxyl groups is 1. The van der Waals surface area contributed by atoms with Gasteiger partial charge in [-0.3, -0.25) is 0 Å². The van der Waals surface area contributed by atoms with Gasteiger partial charge in [0.15, 0.2) is 0 Å². The monoisotopic (exact) mass is 311 g/mol. The van der Waals surface area contributed by atoms with E-state index in [2.05, 4.69) is 4.99 Å². The second-order valence-corrected chi connectivity index (χ2v) is 5.20. The molecule has 0 saturated heterocycles. The maximum atomic E-state index is 12.6. The van der Waals surface area contributed by atoms with E-state index in [9.17, 15) is 9.90 Å². The molecule has 5 heteroatoms. The number of benzene rings is 2. The minimum absolute atomic E-state index is 0.0703. The summed E-state index contributed by atoms with van der Waals surface area (Å²) in [5.41, 5.74) is 0.187. The fourth-order valence-corrected chi connectivity index (χ4v) is 2.50. The minimum atomic E-state index is -1.24. The van der Waals surface area contributed by atoms with Gasteiger partial charge in [0.2, 0.25) is 11.4 Å². The molecule has 1 heterocycles. The van der Waals surface area contributed by atoms with Gasteiger partial charge in [-0.05, 0) is 36.8 Å². The lowest BCUT2D eigenvalue weighted by Crippen LogP contribution is -2.37. The molecule has 23 heavy (non-hydrogen) atoms. The fourth-order valence-electron chi connectivity index (χ4n) is 2.50. The Morgan fingerprint density at radius 2 is 1.91 bits per heavy atom. The average molecular weight is 311 g/mol. The zero-order chi connectivity index (χ0) is 16.3. The number of hydrogen-bond donors (Lipinski definition) is 1. The number of nitrogens with zero attached hydrogens (tertiary/aromatic N) is 1. The minimum Gasteiger partial charge on any atom is -0.508 e. The Balaban J connectivity index is 2.06. The molecule has 118 valence electrons. The standard InChI is InChI=1S/C18H17NO4/c1-2-22-17(21)18(14-8-10-15(20)11-9-14)12-23-16(19-18)13-6-4-3-5-7-13/h3-11,20H,2,12H2,1H3. The summed E-state index contributed by atoms with van der Waals surface area (Å²) in [5.74, 6) is 0.0716. The molecular weight excluding hydrogens is 294 g/mol. The van der Waals surface area contributed by atoms with Crippen LogP contribution in [0.15, 0.2) is 59.6 Å². The number of esters is 1. The van der Waals surface area contributed by atoms with Crippen molar-refractivity contribution in [3.63, 3.8) is 0 Å². The van der Waals surface area contributed by atoms with Gasteiger partial charge in [-0.1, -0.05) is 30.3 Å². The smallest absolute Gasteiger partial charge is 0.342 e. The maximum Gasteiger partial charge on any atom is 0.342 e. The van der Waals surface area contributed by atoms with Crippen molar-refractivity contribution in [2.45, 2.75) is 12.5 Å². The summed E-state index contributed by atoms with van der Waals surface area (Å²) in [5, 5.41) is 9.47. The quantitative estimate of drug-likeness (QED) is 0.881. The van der Waals surface area contributed by atoms with Crippen LogP contribution in [0, 0.1) is 0 Å². The van der Waals surface area contributed by atoms with Crippen molar-refractivity contribution >= 4 is 11.9 Å². The molecule has 2 aromatic carbocycles. The zero-order valence-corrected chi connectivity index (χ0v) is 12.7. The Morgan fingerprint density at radius 1 is 1.22 bits per heavy atom. The van der Waals surface area contributed by atoms with E-state index in [0.717, 1.165) is 5.56 Å². The van der Waals surface area contributed by atoms with Crippen LogP contribution in [-0.4, -0.2) is 30.2 Å². The third kappa shape index (κ3) is 2.77. The number of carbonyl (C=O) groups excluding carboxylic acids is 1. The summed E-state index contributed by atoms with van der Waals surface area (Å²) < 4.78 is 10.9. The van der Waals surface area contributed by atoms with Crippen LogP contribution in [-0.2, 0) is 19.8 Å². The van der Waals surface area contributed by atoms with Gasteiger partial charge < -0.3 is 14.6 Å². The molecule has 0 spiro atoms. The van der Waals surface area contributed by atoms with E-state index in [1.807, 2.05) is 30.3 Å². The second-order valence-electron chi connectivity index (χ2n) is 5.20. The molecule has 1 aliphatic heterocycles. The number of ether oxygens (including phenoxy) is 2. The topological polar surface area (TPSA) is 68.1 Å². The van der Waals surface area contributed by atoms with Crippen LogP contribution in [0.5, 0.6) is 5.75 Å². The molecule has 0 amide bonds. The molecule has 0 bridgehead atoms. The Morgan fingerprint density at radius 3 is 2.57 bits per heavy atom. The van der Waals surface area contributed by atoms with Crippen LogP contribution < -0.4 is 0 Å². The van der Waals surface area contributed by atoms with Gasteiger partial charge in [-0.15, -0.1) is 0 Å². The van der Waals surface area contributed by atoms with Gasteiger partial charge in [0.1, 0.15) is 12.4 Å². The van der Waals surface area contributed by atoms with Crippen molar-refractivity contribution in [3.05, 3.63) is 65.7 Å². The molecule has 3 rings (SSSR count). The Labute approximate surface area is 134 Å². The number of aliphatic imine (C=N–C) groups is 1. The fraction of sp³-hybridized carbons (Fsp3) is 0.222. The molecule has 1 N–H and O–H groups in total. The largest absolute Gasteiger partial charge is 0.508 e. The molecule has 2 aromatic rings. The molecule has 0 fully saturated rings. The third-order valence-corrected chi connectivity index (χ3v) is 3.69. The SMILES string of the molecule is CCOC(=O)C1(c2ccc(O)cc2)COC(c2ccccc2)=N1. The molecular formula is C18H17NO4. The van der Waals surface area contributed by atoms with Gasteiger partial charge in [0.25, 0.3) is 0 Å². The summed E-state index contributed by atoms with van der Waals surface area (Å²) in [6.45, 7) is 2.08. The van der Waals surface area contributed by atoms with Crippen molar-refractivity contribution in [1.29, 1.82) is 0 Å². The van der Waals surface area contributed by atoms with Crippen molar-refractivity contribution in [1.82, 2.24) is 0 Å². The summed E-state index contributed by atoms with van der Waals surface area (Å²) >= 11 is 0. The number of rotatable bonds is 4. The van der Waals surface area contributed by atoms with Crippen molar-refractivity contribution in [2.24, 2.45) is 4.99 Å². The average Bonchev–Trinajstić information content (AvgIpc) is 3.03. The van der Waals surface area contributed by atoms with E-state index in [1.54, 1.807) is 19.1 Å². The van der Waals surface area contributed by atoms with E-state index in [1.165, 1.54) is 12.1 Å². The highest BCUT2D eigenvalue weighted by Gasteiger charge is 2.47. The lowest BCUT2D eigenvalue weighted by Gasteiger charge is -2.22. The van der Waals surface area contributed by atoms with E-state index in [0.29, 0.717) is 11.5 Å². The molecule has 0 radical (unpaired) electrons. The van der Waals surface area contributed by atoms with Gasteiger partial charge in [-0.25, -0.2) is 9.79 Å². The summed E-state index contributed by atoms with van der Waals surface area (Å²) in [4.78, 5) is 17.1. The number of phenols is 1. The molecule has 1 unspecified atom stereocenters. The van der Waals surface area contributed by atoms with E-state index >= 15 is 0 Å². The van der Waals surface area contributed by atoms with Crippen LogP contribution in [0.2, 0.25) is 0 Å². The first-order valence-electron chi connectivity index (χ1n) is 7.40. The van der Waals surface area contributed by atoms with Crippen LogP contribution in [0.3, 0.4) is 0 Å². The molecule has 5 nitrogen and oxygen atoms in total. The van der Waals surface area contributed by atoms with Gasteiger partial charge in [0, 0.05) is 5.56 Å². The van der Waals surface area contributed by atoms with Gasteiger partial charge >= 0.3 is 5.97 Å². The van der Waals surface area contributed by atoms with Crippen LogP contribution in [0.25, 0.3) is 0 Å². The van der Waals surface area contributed by atoms with Crippen molar-refractivity contribution in [2.75, 3.05) is 13.2 Å². The maximum absolute atomic E-state index is 12.6. The predicted octanol–water partition coefficient (Wildman–Crippen LogP) is 2.63. The first kappa shape index (κ1) is 15.1. The lowest BCUT2D eigenvalue weighted by atomic mass is 9.91. The lowest BCUT2D eigenvalue weighted by molar-refractivity contribution is -0.150. The molecule has 0 aromatic heterocycles. The predicted molar refractivity (Wildman–Crippen MR) is 85.3 cm³/mol. The normalized spacial score (nSPS) is 19.8. The van der Waals surface area contributed by atoms with E-state index in [-0.39, 0.29) is 19.0 Å². The Bertz CT molecular complexity index is 724. The molecule has 0 saturated carbocycles. The van der Waals surface area contributed by atoms with Crippen molar-refractivity contribution in [3.8, 4) is 5.75 Å². The third-order valence-electron chi connectivity index (χ3n) is 3.69. The summed E-state index contributed by atoms with van der Waals surface area (Å²) in [6.07, 6.45) is 0. The first-order valence-corrected chi connectivity index (χ1v) is 7.40. The number of phenolic OH excluding ortho intramolecular Hbond substituents is 1. The zero-order valence-electron chi connectivity index (χ0n) is 12.7. The molecule has 1 atom stereocenters. The van der Waals surface area contributed by atoms with Crippen LogP contribution >= 0.6 is 0 Å². The Hall–Kier alpha value is -2.82. The summed E-state index contributed by atoms with van der Waals surface area (Å²) in [7, 11) is 0. The van der Waals surface area contributed by atoms with E-state index < -0.39 is 11.5 Å². The number of carbonyl (C=O) groups is 1. The number of hydrogen-bond acceptors (Lipinski definition) is 5. The van der Waals surface area contributed by atoms with Crippen LogP contribution in [0.1, 0.15) is 18.1 Å².